The van der Waals surface area contributed by atoms with E-state index in [2.05, 4.69) is 38.8 Å². The van der Waals surface area contributed by atoms with Crippen LogP contribution < -0.4 is 0 Å². The first-order valence-electron chi connectivity index (χ1n) is 9.15. The van der Waals surface area contributed by atoms with Gasteiger partial charge in [0.05, 0.1) is 10.6 Å². The van der Waals surface area contributed by atoms with E-state index < -0.39 is 0 Å². The predicted octanol–water partition coefficient (Wildman–Crippen LogP) is 4.00. The van der Waals surface area contributed by atoms with Gasteiger partial charge in [-0.3, -0.25) is 9.78 Å². The van der Waals surface area contributed by atoms with Gasteiger partial charge in [0.15, 0.2) is 0 Å². The van der Waals surface area contributed by atoms with Gasteiger partial charge in [0, 0.05) is 50.3 Å². The Labute approximate surface area is 163 Å². The molecule has 4 rings (SSSR count). The molecule has 0 saturated carbocycles. The molecule has 1 saturated heterocycles. The first kappa shape index (κ1) is 17.7. The van der Waals surface area contributed by atoms with Crippen LogP contribution in [0.25, 0.3) is 0 Å². The number of aromatic nitrogens is 3. The van der Waals surface area contributed by atoms with E-state index in [1.807, 2.05) is 23.4 Å². The molecule has 3 heterocycles. The van der Waals surface area contributed by atoms with Crippen molar-refractivity contribution in [3.8, 4) is 0 Å². The molecule has 6 heteroatoms. The van der Waals surface area contributed by atoms with Gasteiger partial charge in [0.1, 0.15) is 5.82 Å². The van der Waals surface area contributed by atoms with Crippen LogP contribution >= 0.6 is 11.6 Å². The van der Waals surface area contributed by atoms with Crippen molar-refractivity contribution in [3.05, 3.63) is 83.2 Å². The average Bonchev–Trinajstić information content (AvgIpc) is 3.16. The SMILES string of the molecule is O=C(c1cncc(Cl)c1)N1CCC(c2nccn2Cc2ccccc2)CC1. The summed E-state index contributed by atoms with van der Waals surface area (Å²) in [5.74, 6) is 1.47. The van der Waals surface area contributed by atoms with Gasteiger partial charge < -0.3 is 9.47 Å². The Morgan fingerprint density at radius 1 is 1.15 bits per heavy atom. The number of rotatable bonds is 4. The molecular formula is C21H21ClN4O. The molecule has 27 heavy (non-hydrogen) atoms. The molecule has 2 aromatic heterocycles. The van der Waals surface area contributed by atoms with Crippen LogP contribution in [-0.2, 0) is 6.54 Å². The van der Waals surface area contributed by atoms with E-state index in [-0.39, 0.29) is 5.91 Å². The third kappa shape index (κ3) is 4.03. The number of likely N-dealkylation sites (tertiary alicyclic amines) is 1. The molecule has 1 fully saturated rings. The van der Waals surface area contributed by atoms with Crippen LogP contribution in [0.15, 0.2) is 61.2 Å². The van der Waals surface area contributed by atoms with E-state index in [1.54, 1.807) is 12.3 Å². The third-order valence-corrected chi connectivity index (χ3v) is 5.25. The van der Waals surface area contributed by atoms with Gasteiger partial charge in [-0.1, -0.05) is 41.9 Å². The van der Waals surface area contributed by atoms with Crippen LogP contribution in [0, 0.1) is 0 Å². The van der Waals surface area contributed by atoms with Crippen molar-refractivity contribution in [2.45, 2.75) is 25.3 Å². The van der Waals surface area contributed by atoms with E-state index >= 15 is 0 Å². The molecule has 1 aromatic carbocycles. The van der Waals surface area contributed by atoms with Crippen LogP contribution in [-0.4, -0.2) is 38.4 Å². The lowest BCUT2D eigenvalue weighted by Crippen LogP contribution is -2.38. The predicted molar refractivity (Wildman–Crippen MR) is 105 cm³/mol. The third-order valence-electron chi connectivity index (χ3n) is 5.04. The van der Waals surface area contributed by atoms with Crippen LogP contribution in [0.4, 0.5) is 0 Å². The molecule has 0 radical (unpaired) electrons. The number of carbonyl (C=O) groups excluding carboxylic acids is 1. The lowest BCUT2D eigenvalue weighted by atomic mass is 9.95. The number of nitrogens with zero attached hydrogens (tertiary/aromatic N) is 4. The van der Waals surface area contributed by atoms with Crippen molar-refractivity contribution < 1.29 is 4.79 Å². The molecule has 0 spiro atoms. The van der Waals surface area contributed by atoms with Gasteiger partial charge >= 0.3 is 0 Å². The number of benzene rings is 1. The summed E-state index contributed by atoms with van der Waals surface area (Å²) in [6, 6.07) is 12.1. The molecule has 0 atom stereocenters. The van der Waals surface area contributed by atoms with Gasteiger partial charge in [-0.2, -0.15) is 0 Å². The normalized spacial score (nSPS) is 15.1. The van der Waals surface area contributed by atoms with E-state index in [0.717, 1.165) is 25.2 Å². The van der Waals surface area contributed by atoms with Crippen LogP contribution in [0.3, 0.4) is 0 Å². The highest BCUT2D eigenvalue weighted by atomic mass is 35.5. The Kier molecular flexibility index (Phi) is 5.21. The number of hydrogen-bond acceptors (Lipinski definition) is 3. The first-order chi connectivity index (χ1) is 13.2. The largest absolute Gasteiger partial charge is 0.339 e. The fourth-order valence-electron chi connectivity index (χ4n) is 3.65. The zero-order valence-electron chi connectivity index (χ0n) is 15.0. The fourth-order valence-corrected chi connectivity index (χ4v) is 3.82. The lowest BCUT2D eigenvalue weighted by molar-refractivity contribution is 0.0710. The number of hydrogen-bond donors (Lipinski definition) is 0. The molecule has 1 aliphatic heterocycles. The van der Waals surface area contributed by atoms with Crippen molar-refractivity contribution in [1.29, 1.82) is 0 Å². The summed E-state index contributed by atoms with van der Waals surface area (Å²) >= 11 is 5.96. The van der Waals surface area contributed by atoms with Crippen LogP contribution in [0.2, 0.25) is 5.02 Å². The monoisotopic (exact) mass is 380 g/mol. The second-order valence-corrected chi connectivity index (χ2v) is 7.29. The van der Waals surface area contributed by atoms with E-state index in [4.69, 9.17) is 11.6 Å². The molecule has 1 aliphatic rings. The zero-order chi connectivity index (χ0) is 18.6. The van der Waals surface area contributed by atoms with Crippen molar-refractivity contribution in [2.75, 3.05) is 13.1 Å². The second-order valence-electron chi connectivity index (χ2n) is 6.86. The smallest absolute Gasteiger partial charge is 0.255 e. The first-order valence-corrected chi connectivity index (χ1v) is 9.53. The van der Waals surface area contributed by atoms with Crippen LogP contribution in [0.1, 0.15) is 40.5 Å². The van der Waals surface area contributed by atoms with Gasteiger partial charge in [0.25, 0.3) is 5.91 Å². The van der Waals surface area contributed by atoms with Gasteiger partial charge in [-0.15, -0.1) is 0 Å². The molecule has 0 N–H and O–H groups in total. The summed E-state index contributed by atoms with van der Waals surface area (Å²) in [6.45, 7) is 2.26. The van der Waals surface area contributed by atoms with Crippen molar-refractivity contribution in [2.24, 2.45) is 0 Å². The Morgan fingerprint density at radius 3 is 2.67 bits per heavy atom. The Balaban J connectivity index is 1.41. The summed E-state index contributed by atoms with van der Waals surface area (Å²) in [6.07, 6.45) is 8.84. The number of halogens is 1. The summed E-state index contributed by atoms with van der Waals surface area (Å²) in [5, 5.41) is 0.485. The Morgan fingerprint density at radius 2 is 1.93 bits per heavy atom. The van der Waals surface area contributed by atoms with Gasteiger partial charge in [0.2, 0.25) is 0 Å². The quantitative estimate of drug-likeness (QED) is 0.687. The van der Waals surface area contributed by atoms with Crippen LogP contribution in [0.5, 0.6) is 0 Å². The minimum absolute atomic E-state index is 0.00363. The number of piperidine rings is 1. The zero-order valence-corrected chi connectivity index (χ0v) is 15.7. The lowest BCUT2D eigenvalue weighted by Gasteiger charge is -2.32. The van der Waals surface area contributed by atoms with E-state index in [0.29, 0.717) is 29.6 Å². The molecule has 1 amide bonds. The van der Waals surface area contributed by atoms with E-state index in [1.165, 1.54) is 11.8 Å². The second kappa shape index (κ2) is 7.92. The summed E-state index contributed by atoms with van der Waals surface area (Å²) in [5.41, 5.74) is 1.81. The number of pyridine rings is 1. The summed E-state index contributed by atoms with van der Waals surface area (Å²) in [4.78, 5) is 23.2. The van der Waals surface area contributed by atoms with Crippen molar-refractivity contribution >= 4 is 17.5 Å². The highest BCUT2D eigenvalue weighted by Crippen LogP contribution is 2.28. The highest BCUT2D eigenvalue weighted by Gasteiger charge is 2.27. The Hall–Kier alpha value is -2.66. The average molecular weight is 381 g/mol. The highest BCUT2D eigenvalue weighted by molar-refractivity contribution is 6.30. The van der Waals surface area contributed by atoms with Gasteiger partial charge in [-0.05, 0) is 24.5 Å². The van der Waals surface area contributed by atoms with Crippen molar-refractivity contribution in [1.82, 2.24) is 19.4 Å². The molecular weight excluding hydrogens is 360 g/mol. The van der Waals surface area contributed by atoms with Gasteiger partial charge in [-0.25, -0.2) is 4.98 Å². The fraction of sp³-hybridized carbons (Fsp3) is 0.286. The van der Waals surface area contributed by atoms with E-state index in [9.17, 15) is 4.79 Å². The topological polar surface area (TPSA) is 51.0 Å². The molecule has 0 aliphatic carbocycles. The number of imidazole rings is 1. The molecule has 138 valence electrons. The molecule has 3 aromatic rings. The maximum atomic E-state index is 12.7. The molecule has 0 bridgehead atoms. The molecule has 5 nitrogen and oxygen atoms in total. The Bertz CT molecular complexity index is 917. The van der Waals surface area contributed by atoms with Crippen molar-refractivity contribution in [3.63, 3.8) is 0 Å². The number of carbonyl (C=O) groups is 1. The molecule has 0 unspecified atom stereocenters. The minimum atomic E-state index is -0.00363. The minimum Gasteiger partial charge on any atom is -0.339 e. The number of amides is 1. The maximum Gasteiger partial charge on any atom is 0.255 e. The summed E-state index contributed by atoms with van der Waals surface area (Å²) in [7, 11) is 0. The summed E-state index contributed by atoms with van der Waals surface area (Å²) < 4.78 is 2.22. The maximum absolute atomic E-state index is 12.7. The standard InChI is InChI=1S/C21H21ClN4O/c22-19-12-18(13-23-14-19)21(27)25-9-6-17(7-10-25)20-24-8-11-26(20)15-16-4-2-1-3-5-16/h1-5,8,11-14,17H,6-7,9-10,15H2.